The van der Waals surface area contributed by atoms with E-state index in [2.05, 4.69) is 39.2 Å². The monoisotopic (exact) mass is 666 g/mol. The fourth-order valence-electron chi connectivity index (χ4n) is 6.70. The minimum absolute atomic E-state index is 0.545. The number of rotatable bonds is 6. The summed E-state index contributed by atoms with van der Waals surface area (Å²) in [4.78, 5) is 16.2. The van der Waals surface area contributed by atoms with Gasteiger partial charge in [-0.3, -0.25) is 0 Å². The first-order chi connectivity index (χ1) is 25.0. The van der Waals surface area contributed by atoms with Gasteiger partial charge in [0, 0.05) is 55.9 Å². The molecule has 5 heterocycles. The standard InChI is InChI=1S/C42H30N6O3/c1-49-37-21-39(51-3)38(50-2)20-28(37)42-35-18-16-33(47-35)40(26-8-4-24(22-43)5-9-26)31-14-12-29(45-31)30-13-15-32(46-30)41(34-17-19-36(42)48-34)27-10-6-25(23-44)7-11-27/h4-21,45,47-48H,1-3H3. The highest BCUT2D eigenvalue weighted by Crippen LogP contribution is 2.43. The summed E-state index contributed by atoms with van der Waals surface area (Å²) in [6.45, 7) is 0. The maximum Gasteiger partial charge on any atom is 0.164 e. The molecule has 0 spiro atoms. The topological polar surface area (TPSA) is 136 Å². The molecule has 8 rings (SSSR count). The van der Waals surface area contributed by atoms with Crippen LogP contribution in [0.3, 0.4) is 0 Å². The Balaban J connectivity index is 1.55. The molecule has 246 valence electrons. The molecule has 0 atom stereocenters. The quantitative estimate of drug-likeness (QED) is 0.162. The number of fused-ring (bicyclic) bond motifs is 9. The molecule has 0 amide bonds. The molecule has 3 N–H and O–H groups in total. The van der Waals surface area contributed by atoms with Crippen LogP contribution >= 0.6 is 0 Å². The van der Waals surface area contributed by atoms with Crippen LogP contribution in [-0.4, -0.2) is 41.3 Å². The highest BCUT2D eigenvalue weighted by atomic mass is 16.5. The summed E-state index contributed by atoms with van der Waals surface area (Å²) in [6, 6.07) is 35.5. The Hall–Kier alpha value is -7.23. The molecule has 9 heteroatoms. The summed E-state index contributed by atoms with van der Waals surface area (Å²) in [5.41, 5.74) is 13.1. The minimum atomic E-state index is 0.545. The first kappa shape index (κ1) is 31.1. The number of nitriles is 2. The SMILES string of the molecule is COc1cc(OC)c(-c2c3ccc([nH]3)c(-c3ccc(C#N)cc3)c3nc(c4ccc([nH]4)c(-c4ccc(C#N)cc4)c4ccc2[nH]4)C=C3)cc1OC. The number of aromatic amines is 3. The molecule has 1 aliphatic rings. The van der Waals surface area contributed by atoms with E-state index in [1.807, 2.05) is 97.1 Å². The maximum atomic E-state index is 9.50. The van der Waals surface area contributed by atoms with Crippen LogP contribution in [0.2, 0.25) is 0 Å². The van der Waals surface area contributed by atoms with Crippen LogP contribution in [0.4, 0.5) is 0 Å². The molecule has 0 saturated carbocycles. The smallest absolute Gasteiger partial charge is 0.164 e. The fraction of sp³-hybridized carbons (Fsp3) is 0.0714. The van der Waals surface area contributed by atoms with Gasteiger partial charge >= 0.3 is 0 Å². The number of ether oxygens (including phenoxy) is 3. The van der Waals surface area contributed by atoms with Crippen molar-refractivity contribution in [1.82, 2.24) is 19.9 Å². The molecule has 0 aliphatic carbocycles. The molecule has 7 aromatic rings. The highest BCUT2D eigenvalue weighted by Gasteiger charge is 2.19. The summed E-state index contributed by atoms with van der Waals surface area (Å²) < 4.78 is 17.3. The number of nitrogens with one attached hydrogen (secondary N) is 3. The lowest BCUT2D eigenvalue weighted by molar-refractivity contribution is 0.349. The number of hydrogen-bond acceptors (Lipinski definition) is 6. The van der Waals surface area contributed by atoms with Gasteiger partial charge in [-0.2, -0.15) is 10.5 Å². The lowest BCUT2D eigenvalue weighted by Gasteiger charge is -2.14. The van der Waals surface area contributed by atoms with Crippen LogP contribution in [0.1, 0.15) is 22.5 Å². The second-order valence-electron chi connectivity index (χ2n) is 12.0. The molecule has 3 aromatic carbocycles. The van der Waals surface area contributed by atoms with Crippen molar-refractivity contribution in [1.29, 1.82) is 10.5 Å². The van der Waals surface area contributed by atoms with Gasteiger partial charge in [0.1, 0.15) is 5.75 Å². The third-order valence-corrected chi connectivity index (χ3v) is 9.16. The number of hydrogen-bond donors (Lipinski definition) is 3. The van der Waals surface area contributed by atoms with Crippen molar-refractivity contribution < 1.29 is 14.2 Å². The van der Waals surface area contributed by atoms with E-state index in [-0.39, 0.29) is 0 Å². The first-order valence-corrected chi connectivity index (χ1v) is 16.2. The van der Waals surface area contributed by atoms with Gasteiger partial charge in [-0.05, 0) is 90.0 Å². The molecular weight excluding hydrogens is 637 g/mol. The predicted molar refractivity (Wildman–Crippen MR) is 201 cm³/mol. The van der Waals surface area contributed by atoms with E-state index in [0.717, 1.165) is 77.9 Å². The lowest BCUT2D eigenvalue weighted by Crippen LogP contribution is -1.95. The van der Waals surface area contributed by atoms with Gasteiger partial charge in [0.05, 0.1) is 61.5 Å². The van der Waals surface area contributed by atoms with Gasteiger partial charge in [0.15, 0.2) is 11.5 Å². The fourth-order valence-corrected chi connectivity index (χ4v) is 6.70. The zero-order valence-electron chi connectivity index (χ0n) is 28.0. The number of aromatic nitrogens is 4. The maximum absolute atomic E-state index is 9.50. The third-order valence-electron chi connectivity index (χ3n) is 9.16. The molecule has 0 unspecified atom stereocenters. The molecule has 1 aliphatic heterocycles. The van der Waals surface area contributed by atoms with E-state index in [9.17, 15) is 10.5 Å². The van der Waals surface area contributed by atoms with Crippen LogP contribution in [0.5, 0.6) is 17.2 Å². The predicted octanol–water partition coefficient (Wildman–Crippen LogP) is 9.47. The van der Waals surface area contributed by atoms with E-state index in [4.69, 9.17) is 19.2 Å². The summed E-state index contributed by atoms with van der Waals surface area (Å²) in [5, 5.41) is 19.0. The Morgan fingerprint density at radius 3 is 1.43 bits per heavy atom. The van der Waals surface area contributed by atoms with E-state index in [0.29, 0.717) is 28.4 Å². The summed E-state index contributed by atoms with van der Waals surface area (Å²) in [5.74, 6) is 1.69. The Bertz CT molecular complexity index is 2720. The van der Waals surface area contributed by atoms with Crippen molar-refractivity contribution in [2.24, 2.45) is 0 Å². The van der Waals surface area contributed by atoms with Gasteiger partial charge < -0.3 is 29.2 Å². The van der Waals surface area contributed by atoms with Gasteiger partial charge in [-0.1, -0.05) is 24.3 Å². The summed E-state index contributed by atoms with van der Waals surface area (Å²) in [6.07, 6.45) is 4.02. The van der Waals surface area contributed by atoms with Crippen molar-refractivity contribution in [3.8, 4) is 62.8 Å². The molecule has 0 radical (unpaired) electrons. The second-order valence-corrected chi connectivity index (χ2v) is 12.0. The summed E-state index contributed by atoms with van der Waals surface area (Å²) >= 11 is 0. The van der Waals surface area contributed by atoms with E-state index >= 15 is 0 Å². The van der Waals surface area contributed by atoms with Crippen LogP contribution in [0, 0.1) is 22.7 Å². The highest BCUT2D eigenvalue weighted by molar-refractivity contribution is 6.01. The largest absolute Gasteiger partial charge is 0.496 e. The zero-order chi connectivity index (χ0) is 35.1. The van der Waals surface area contributed by atoms with Crippen molar-refractivity contribution in [3.05, 3.63) is 120 Å². The number of nitrogens with zero attached hydrogens (tertiary/aromatic N) is 3. The van der Waals surface area contributed by atoms with Crippen LogP contribution < -0.4 is 14.2 Å². The third kappa shape index (κ3) is 5.40. The van der Waals surface area contributed by atoms with Gasteiger partial charge in [-0.25, -0.2) is 4.98 Å². The lowest BCUT2D eigenvalue weighted by atomic mass is 10.0. The number of H-pyrrole nitrogens is 3. The van der Waals surface area contributed by atoms with Crippen LogP contribution in [0.25, 0.3) is 78.6 Å². The van der Waals surface area contributed by atoms with Crippen molar-refractivity contribution in [2.75, 3.05) is 21.3 Å². The Kier molecular flexibility index (Phi) is 7.71. The first-order valence-electron chi connectivity index (χ1n) is 16.2. The molecular formula is C42H30N6O3. The van der Waals surface area contributed by atoms with Crippen molar-refractivity contribution in [3.63, 3.8) is 0 Å². The second kappa shape index (κ2) is 12.7. The van der Waals surface area contributed by atoms with Gasteiger partial charge in [0.25, 0.3) is 0 Å². The average Bonchev–Trinajstić information content (AvgIpc) is 4.01. The van der Waals surface area contributed by atoms with E-state index < -0.39 is 0 Å². The molecule has 9 nitrogen and oxygen atoms in total. The van der Waals surface area contributed by atoms with Gasteiger partial charge in [-0.15, -0.1) is 0 Å². The molecule has 51 heavy (non-hydrogen) atoms. The van der Waals surface area contributed by atoms with Gasteiger partial charge in [0.2, 0.25) is 0 Å². The minimum Gasteiger partial charge on any atom is -0.496 e. The zero-order valence-corrected chi connectivity index (χ0v) is 28.0. The van der Waals surface area contributed by atoms with Crippen molar-refractivity contribution in [2.45, 2.75) is 0 Å². The van der Waals surface area contributed by atoms with E-state index in [1.54, 1.807) is 21.3 Å². The average molecular weight is 667 g/mol. The Morgan fingerprint density at radius 1 is 0.471 bits per heavy atom. The van der Waals surface area contributed by atoms with Crippen molar-refractivity contribution >= 4 is 45.3 Å². The van der Waals surface area contributed by atoms with Crippen LogP contribution in [-0.2, 0) is 0 Å². The Labute approximate surface area is 293 Å². The van der Waals surface area contributed by atoms with E-state index in [1.165, 1.54) is 0 Å². The molecule has 0 fully saturated rings. The number of benzene rings is 3. The molecule has 8 bridgehead atoms. The summed E-state index contributed by atoms with van der Waals surface area (Å²) in [7, 11) is 4.84. The molecule has 0 saturated heterocycles. The number of methoxy groups -OCH3 is 3. The normalized spacial score (nSPS) is 11.3. The Morgan fingerprint density at radius 2 is 0.902 bits per heavy atom. The molecule has 4 aromatic heterocycles. The van der Waals surface area contributed by atoms with Crippen LogP contribution in [0.15, 0.2) is 97.1 Å².